The summed E-state index contributed by atoms with van der Waals surface area (Å²) in [6, 6.07) is 12.7. The van der Waals surface area contributed by atoms with Crippen LogP contribution >= 0.6 is 0 Å². The molecule has 2 aromatic rings. The molecule has 0 aliphatic carbocycles. The molecule has 0 aromatic heterocycles. The second kappa shape index (κ2) is 9.36. The maximum absolute atomic E-state index is 12.1. The lowest BCUT2D eigenvalue weighted by Gasteiger charge is -2.07. The first-order valence-corrected chi connectivity index (χ1v) is 7.63. The van der Waals surface area contributed by atoms with Gasteiger partial charge in [-0.2, -0.15) is 13.9 Å². The van der Waals surface area contributed by atoms with Gasteiger partial charge in [0.2, 0.25) is 0 Å². The molecule has 0 bridgehead atoms. The SMILES string of the molecule is COc1ccc(OCC(=O)N/N=C(/C)c2ccc(OC(F)F)cc2)cc1. The molecule has 6 nitrogen and oxygen atoms in total. The lowest BCUT2D eigenvalue weighted by atomic mass is 10.1. The number of carbonyl (C=O) groups excluding carboxylic acids is 1. The van der Waals surface area contributed by atoms with Crippen molar-refractivity contribution in [3.63, 3.8) is 0 Å². The smallest absolute Gasteiger partial charge is 0.387 e. The molecule has 2 rings (SSSR count). The number of methoxy groups -OCH3 is 1. The molecule has 0 fully saturated rings. The van der Waals surface area contributed by atoms with Gasteiger partial charge in [0.15, 0.2) is 6.61 Å². The fourth-order valence-corrected chi connectivity index (χ4v) is 1.94. The minimum atomic E-state index is -2.87. The fourth-order valence-electron chi connectivity index (χ4n) is 1.94. The molecule has 0 atom stereocenters. The van der Waals surface area contributed by atoms with E-state index >= 15 is 0 Å². The molecule has 1 amide bonds. The predicted octanol–water partition coefficient (Wildman–Crippen LogP) is 3.22. The van der Waals surface area contributed by atoms with Gasteiger partial charge >= 0.3 is 6.61 Å². The Hall–Kier alpha value is -3.16. The van der Waals surface area contributed by atoms with Gasteiger partial charge in [0, 0.05) is 0 Å². The molecule has 0 aliphatic rings. The van der Waals surface area contributed by atoms with Gasteiger partial charge in [0.25, 0.3) is 5.91 Å². The monoisotopic (exact) mass is 364 g/mol. The van der Waals surface area contributed by atoms with Crippen LogP contribution in [0.25, 0.3) is 0 Å². The minimum absolute atomic E-state index is 0.0495. The first kappa shape index (κ1) is 19.2. The Balaban J connectivity index is 1.84. The summed E-state index contributed by atoms with van der Waals surface area (Å²) in [5.41, 5.74) is 3.53. The highest BCUT2D eigenvalue weighted by Crippen LogP contribution is 2.17. The molecule has 0 spiro atoms. The van der Waals surface area contributed by atoms with E-state index in [1.54, 1.807) is 50.4 Å². The third kappa shape index (κ3) is 6.04. The molecule has 0 saturated heterocycles. The average Bonchev–Trinajstić information content (AvgIpc) is 2.65. The van der Waals surface area contributed by atoms with Crippen molar-refractivity contribution in [1.82, 2.24) is 5.43 Å². The Morgan fingerprint density at radius 2 is 1.62 bits per heavy atom. The number of benzene rings is 2. The normalized spacial score (nSPS) is 11.2. The van der Waals surface area contributed by atoms with Crippen LogP contribution in [0.3, 0.4) is 0 Å². The summed E-state index contributed by atoms with van der Waals surface area (Å²) in [6.07, 6.45) is 0. The molecule has 26 heavy (non-hydrogen) atoms. The largest absolute Gasteiger partial charge is 0.497 e. The number of hydrogen-bond acceptors (Lipinski definition) is 5. The number of amides is 1. The second-order valence-corrected chi connectivity index (χ2v) is 5.10. The topological polar surface area (TPSA) is 69.2 Å². The molecule has 0 saturated carbocycles. The van der Waals surface area contributed by atoms with Crippen LogP contribution in [-0.4, -0.2) is 31.9 Å². The number of hydrazone groups is 1. The third-order valence-electron chi connectivity index (χ3n) is 3.27. The molecule has 0 radical (unpaired) electrons. The van der Waals surface area contributed by atoms with E-state index in [1.165, 1.54) is 12.1 Å². The van der Waals surface area contributed by atoms with Gasteiger partial charge in [-0.1, -0.05) is 0 Å². The van der Waals surface area contributed by atoms with Gasteiger partial charge in [-0.3, -0.25) is 4.79 Å². The molecule has 0 aliphatic heterocycles. The lowest BCUT2D eigenvalue weighted by molar-refractivity contribution is -0.123. The van der Waals surface area contributed by atoms with Crippen molar-refractivity contribution in [2.24, 2.45) is 5.10 Å². The summed E-state index contributed by atoms with van der Waals surface area (Å²) in [6.45, 7) is -1.40. The van der Waals surface area contributed by atoms with Crippen molar-refractivity contribution < 1.29 is 27.8 Å². The highest BCUT2D eigenvalue weighted by atomic mass is 19.3. The zero-order valence-electron chi connectivity index (χ0n) is 14.2. The van der Waals surface area contributed by atoms with Crippen LogP contribution in [0.2, 0.25) is 0 Å². The molecule has 2 aromatic carbocycles. The van der Waals surface area contributed by atoms with E-state index in [1.807, 2.05) is 0 Å². The molecule has 0 heterocycles. The van der Waals surface area contributed by atoms with E-state index in [9.17, 15) is 13.6 Å². The fraction of sp³-hybridized carbons (Fsp3) is 0.222. The molecular weight excluding hydrogens is 346 g/mol. The van der Waals surface area contributed by atoms with Crippen molar-refractivity contribution in [3.8, 4) is 17.2 Å². The standard InChI is InChI=1S/C18H18F2N2O4/c1-12(13-3-5-16(6-4-13)26-18(19)20)21-22-17(23)11-25-15-9-7-14(24-2)8-10-15/h3-10,18H,11H2,1-2H3,(H,22,23)/b21-12-. The van der Waals surface area contributed by atoms with Gasteiger partial charge in [0.05, 0.1) is 12.8 Å². The zero-order chi connectivity index (χ0) is 18.9. The summed E-state index contributed by atoms with van der Waals surface area (Å²) in [5, 5.41) is 3.95. The van der Waals surface area contributed by atoms with Gasteiger partial charge < -0.3 is 14.2 Å². The van der Waals surface area contributed by atoms with Gasteiger partial charge in [0.1, 0.15) is 17.2 Å². The summed E-state index contributed by atoms with van der Waals surface area (Å²) < 4.78 is 38.9. The Morgan fingerprint density at radius 3 is 2.19 bits per heavy atom. The van der Waals surface area contributed by atoms with Crippen LogP contribution in [0, 0.1) is 0 Å². The first-order valence-electron chi connectivity index (χ1n) is 7.63. The third-order valence-corrected chi connectivity index (χ3v) is 3.27. The average molecular weight is 364 g/mol. The number of hydrogen-bond donors (Lipinski definition) is 1. The van der Waals surface area contributed by atoms with Crippen LogP contribution in [0.15, 0.2) is 53.6 Å². The van der Waals surface area contributed by atoms with Crippen LogP contribution in [0.1, 0.15) is 12.5 Å². The minimum Gasteiger partial charge on any atom is -0.497 e. The summed E-state index contributed by atoms with van der Waals surface area (Å²) >= 11 is 0. The molecular formula is C18H18F2N2O4. The van der Waals surface area contributed by atoms with Crippen LogP contribution in [0.4, 0.5) is 8.78 Å². The number of carbonyl (C=O) groups is 1. The van der Waals surface area contributed by atoms with E-state index < -0.39 is 12.5 Å². The number of ether oxygens (including phenoxy) is 3. The number of halogens is 2. The number of alkyl halides is 2. The summed E-state index contributed by atoms with van der Waals surface area (Å²) in [5.74, 6) is 0.828. The number of nitrogens with one attached hydrogen (secondary N) is 1. The molecule has 0 unspecified atom stereocenters. The number of rotatable bonds is 8. The Kier molecular flexibility index (Phi) is 6.90. The van der Waals surface area contributed by atoms with Crippen molar-refractivity contribution >= 4 is 11.6 Å². The predicted molar refractivity (Wildman–Crippen MR) is 91.9 cm³/mol. The quantitative estimate of drug-likeness (QED) is 0.577. The van der Waals surface area contributed by atoms with Crippen molar-refractivity contribution in [3.05, 3.63) is 54.1 Å². The summed E-state index contributed by atoms with van der Waals surface area (Å²) in [7, 11) is 1.56. The second-order valence-electron chi connectivity index (χ2n) is 5.10. The van der Waals surface area contributed by atoms with Crippen LogP contribution in [0.5, 0.6) is 17.2 Å². The van der Waals surface area contributed by atoms with Crippen molar-refractivity contribution in [2.45, 2.75) is 13.5 Å². The zero-order valence-corrected chi connectivity index (χ0v) is 14.2. The van der Waals surface area contributed by atoms with E-state index in [4.69, 9.17) is 9.47 Å². The highest BCUT2D eigenvalue weighted by Gasteiger charge is 2.06. The maximum atomic E-state index is 12.1. The molecule has 138 valence electrons. The molecule has 1 N–H and O–H groups in total. The Labute approximate surface area is 149 Å². The first-order chi connectivity index (χ1) is 12.5. The highest BCUT2D eigenvalue weighted by molar-refractivity contribution is 5.99. The van der Waals surface area contributed by atoms with Gasteiger partial charge in [-0.05, 0) is 61.0 Å². The Bertz CT molecular complexity index is 747. The number of nitrogens with zero attached hydrogens (tertiary/aromatic N) is 1. The van der Waals surface area contributed by atoms with E-state index in [-0.39, 0.29) is 12.4 Å². The lowest BCUT2D eigenvalue weighted by Crippen LogP contribution is -2.25. The van der Waals surface area contributed by atoms with E-state index in [2.05, 4.69) is 15.3 Å². The Morgan fingerprint density at radius 1 is 1.04 bits per heavy atom. The van der Waals surface area contributed by atoms with Crippen LogP contribution < -0.4 is 19.6 Å². The summed E-state index contributed by atoms with van der Waals surface area (Å²) in [4.78, 5) is 11.8. The molecule has 8 heteroatoms. The van der Waals surface area contributed by atoms with Gasteiger partial charge in [-0.15, -0.1) is 0 Å². The van der Waals surface area contributed by atoms with E-state index in [0.717, 1.165) is 0 Å². The maximum Gasteiger partial charge on any atom is 0.387 e. The van der Waals surface area contributed by atoms with Crippen molar-refractivity contribution in [2.75, 3.05) is 13.7 Å². The van der Waals surface area contributed by atoms with Crippen LogP contribution in [-0.2, 0) is 4.79 Å². The van der Waals surface area contributed by atoms with Gasteiger partial charge in [-0.25, -0.2) is 5.43 Å². The van der Waals surface area contributed by atoms with E-state index in [0.29, 0.717) is 22.8 Å². The van der Waals surface area contributed by atoms with Crippen molar-refractivity contribution in [1.29, 1.82) is 0 Å².